The Morgan fingerprint density at radius 1 is 1.30 bits per heavy atom. The van der Waals surface area contributed by atoms with Crippen LogP contribution in [0.2, 0.25) is 0 Å². The number of amides is 1. The Labute approximate surface area is 115 Å². The summed E-state index contributed by atoms with van der Waals surface area (Å²) in [5, 5.41) is 2.42. The highest BCUT2D eigenvalue weighted by atomic mass is 32.2. The summed E-state index contributed by atoms with van der Waals surface area (Å²) in [6.07, 6.45) is 4.38. The summed E-state index contributed by atoms with van der Waals surface area (Å²) in [6, 6.07) is 4.27. The van der Waals surface area contributed by atoms with Crippen molar-refractivity contribution in [3.63, 3.8) is 0 Å². The van der Waals surface area contributed by atoms with Gasteiger partial charge in [0.05, 0.1) is 6.20 Å². The van der Waals surface area contributed by atoms with Crippen molar-refractivity contribution < 1.29 is 17.4 Å². The lowest BCUT2D eigenvalue weighted by Crippen LogP contribution is -2.11. The van der Waals surface area contributed by atoms with Crippen molar-refractivity contribution in [3.05, 3.63) is 42.4 Å². The summed E-state index contributed by atoms with van der Waals surface area (Å²) < 4.78 is 29.0. The van der Waals surface area contributed by atoms with Crippen molar-refractivity contribution in [3.8, 4) is 5.88 Å². The maximum atomic E-state index is 12.1. The van der Waals surface area contributed by atoms with Crippen LogP contribution in [0.1, 0.15) is 5.56 Å². The van der Waals surface area contributed by atoms with E-state index in [1.807, 2.05) is 0 Å². The van der Waals surface area contributed by atoms with Crippen molar-refractivity contribution in [1.29, 1.82) is 0 Å². The number of hydrogen-bond donors (Lipinski definition) is 1. The molecule has 1 N–H and O–H groups in total. The predicted molar refractivity (Wildman–Crippen MR) is 70.7 cm³/mol. The van der Waals surface area contributed by atoms with Crippen molar-refractivity contribution in [1.82, 2.24) is 9.97 Å². The van der Waals surface area contributed by atoms with E-state index in [4.69, 9.17) is 4.18 Å². The second-order valence-corrected chi connectivity index (χ2v) is 5.37. The number of nitrogens with one attached hydrogen (secondary N) is 1. The fourth-order valence-electron chi connectivity index (χ4n) is 1.46. The minimum absolute atomic E-state index is 0.0851. The maximum absolute atomic E-state index is 12.1. The highest BCUT2D eigenvalue weighted by Gasteiger charge is 2.18. The molecule has 0 saturated heterocycles. The first kappa shape index (κ1) is 13.9. The predicted octanol–water partition coefficient (Wildman–Crippen LogP) is 1.12. The van der Waals surface area contributed by atoms with Crippen molar-refractivity contribution in [2.45, 2.75) is 11.8 Å². The average Bonchev–Trinajstić information content (AvgIpc) is 2.42. The minimum atomic E-state index is -4.03. The van der Waals surface area contributed by atoms with Gasteiger partial charge in [-0.1, -0.05) is 6.07 Å². The number of aromatic nitrogens is 2. The van der Waals surface area contributed by atoms with E-state index in [0.29, 0.717) is 12.1 Å². The molecule has 1 aromatic carbocycles. The van der Waals surface area contributed by atoms with Gasteiger partial charge in [0.2, 0.25) is 6.41 Å². The van der Waals surface area contributed by atoms with Gasteiger partial charge in [-0.15, -0.1) is 0 Å². The summed E-state index contributed by atoms with van der Waals surface area (Å²) in [5.41, 5.74) is 1.12. The number of rotatable bonds is 5. The molecule has 0 saturated carbocycles. The van der Waals surface area contributed by atoms with Crippen LogP contribution in [0, 0.1) is 6.92 Å². The molecule has 104 valence electrons. The molecule has 0 bridgehead atoms. The molecule has 8 heteroatoms. The minimum Gasteiger partial charge on any atom is -0.356 e. The Bertz CT molecular complexity index is 717. The molecule has 20 heavy (non-hydrogen) atoms. The van der Waals surface area contributed by atoms with E-state index < -0.39 is 10.1 Å². The van der Waals surface area contributed by atoms with Gasteiger partial charge in [0.25, 0.3) is 5.88 Å². The Balaban J connectivity index is 2.34. The molecule has 0 atom stereocenters. The van der Waals surface area contributed by atoms with Crippen LogP contribution >= 0.6 is 0 Å². The molecule has 0 unspecified atom stereocenters. The number of nitrogens with zero attached hydrogens (tertiary/aromatic N) is 2. The monoisotopic (exact) mass is 293 g/mol. The Kier molecular flexibility index (Phi) is 3.94. The van der Waals surface area contributed by atoms with Crippen molar-refractivity contribution >= 4 is 22.2 Å². The van der Waals surface area contributed by atoms with Crippen LogP contribution < -0.4 is 9.50 Å². The summed E-state index contributed by atoms with van der Waals surface area (Å²) >= 11 is 0. The number of benzene rings is 1. The fourth-order valence-corrected chi connectivity index (χ4v) is 2.37. The Morgan fingerprint density at radius 2 is 2.10 bits per heavy atom. The second kappa shape index (κ2) is 5.66. The van der Waals surface area contributed by atoms with Gasteiger partial charge in [-0.25, -0.2) is 4.98 Å². The van der Waals surface area contributed by atoms with Gasteiger partial charge < -0.3 is 9.50 Å². The Morgan fingerprint density at radius 3 is 2.75 bits per heavy atom. The molecule has 1 amide bonds. The third kappa shape index (κ3) is 3.09. The molecule has 0 radical (unpaired) electrons. The molecule has 1 aromatic heterocycles. The van der Waals surface area contributed by atoms with E-state index in [9.17, 15) is 13.2 Å². The third-order valence-electron chi connectivity index (χ3n) is 2.45. The van der Waals surface area contributed by atoms with E-state index in [2.05, 4.69) is 15.3 Å². The van der Waals surface area contributed by atoms with Gasteiger partial charge in [0, 0.05) is 18.1 Å². The smallest absolute Gasteiger partial charge is 0.340 e. The molecular weight excluding hydrogens is 282 g/mol. The number of anilines is 1. The van der Waals surface area contributed by atoms with E-state index in [1.54, 1.807) is 13.0 Å². The van der Waals surface area contributed by atoms with Crippen molar-refractivity contribution in [2.24, 2.45) is 0 Å². The summed E-state index contributed by atoms with van der Waals surface area (Å²) in [4.78, 5) is 17.8. The first-order valence-electron chi connectivity index (χ1n) is 5.54. The van der Waals surface area contributed by atoms with Gasteiger partial charge in [0.15, 0.2) is 0 Å². The second-order valence-electron chi connectivity index (χ2n) is 3.82. The van der Waals surface area contributed by atoms with Crippen LogP contribution in [0.4, 0.5) is 5.69 Å². The highest BCUT2D eigenvalue weighted by molar-refractivity contribution is 7.87. The summed E-state index contributed by atoms with van der Waals surface area (Å²) in [5.74, 6) is -0.127. The molecule has 0 fully saturated rings. The van der Waals surface area contributed by atoms with Crippen LogP contribution in [-0.2, 0) is 14.9 Å². The molecule has 2 aromatic rings. The normalized spacial score (nSPS) is 10.8. The number of carbonyl (C=O) groups is 1. The van der Waals surface area contributed by atoms with E-state index in [-0.39, 0.29) is 10.8 Å². The van der Waals surface area contributed by atoms with Gasteiger partial charge in [-0.05, 0) is 24.6 Å². The average molecular weight is 293 g/mol. The van der Waals surface area contributed by atoms with E-state index >= 15 is 0 Å². The molecule has 0 aliphatic rings. The zero-order chi connectivity index (χ0) is 14.6. The third-order valence-corrected chi connectivity index (χ3v) is 3.67. The number of carbonyl (C=O) groups excluding carboxylic acids is 1. The lowest BCUT2D eigenvalue weighted by molar-refractivity contribution is -0.105. The lowest BCUT2D eigenvalue weighted by atomic mass is 10.2. The van der Waals surface area contributed by atoms with Crippen LogP contribution in [0.3, 0.4) is 0 Å². The molecule has 0 aliphatic heterocycles. The SMILES string of the molecule is Cc1ccc(S(=O)(=O)Oc2cnccn2)cc1NC=O. The number of aryl methyl sites for hydroxylation is 1. The van der Waals surface area contributed by atoms with Crippen LogP contribution in [0.25, 0.3) is 0 Å². The highest BCUT2D eigenvalue weighted by Crippen LogP contribution is 2.22. The van der Waals surface area contributed by atoms with Gasteiger partial charge in [0.1, 0.15) is 4.90 Å². The first-order chi connectivity index (χ1) is 9.53. The van der Waals surface area contributed by atoms with Crippen LogP contribution in [0.15, 0.2) is 41.7 Å². The molecule has 0 aliphatic carbocycles. The summed E-state index contributed by atoms with van der Waals surface area (Å²) in [7, 11) is -4.03. The lowest BCUT2D eigenvalue weighted by Gasteiger charge is -2.09. The van der Waals surface area contributed by atoms with E-state index in [1.165, 1.54) is 30.7 Å². The zero-order valence-electron chi connectivity index (χ0n) is 10.5. The zero-order valence-corrected chi connectivity index (χ0v) is 11.3. The largest absolute Gasteiger partial charge is 0.356 e. The quantitative estimate of drug-likeness (QED) is 0.655. The van der Waals surface area contributed by atoms with Gasteiger partial charge in [-0.2, -0.15) is 8.42 Å². The standard InChI is InChI=1S/C12H11N3O4S/c1-9-2-3-10(6-11(9)15-8-16)20(17,18)19-12-7-13-4-5-14-12/h2-8H,1H3,(H,15,16). The molecule has 2 rings (SSSR count). The van der Waals surface area contributed by atoms with Gasteiger partial charge >= 0.3 is 10.1 Å². The van der Waals surface area contributed by atoms with E-state index in [0.717, 1.165) is 5.56 Å². The van der Waals surface area contributed by atoms with Gasteiger partial charge in [-0.3, -0.25) is 9.78 Å². The Hall–Kier alpha value is -2.48. The first-order valence-corrected chi connectivity index (χ1v) is 6.95. The van der Waals surface area contributed by atoms with Crippen LogP contribution in [-0.4, -0.2) is 24.8 Å². The fraction of sp³-hybridized carbons (Fsp3) is 0.0833. The number of hydrogen-bond acceptors (Lipinski definition) is 6. The topological polar surface area (TPSA) is 98.2 Å². The van der Waals surface area contributed by atoms with Crippen LogP contribution in [0.5, 0.6) is 5.88 Å². The van der Waals surface area contributed by atoms with Crippen molar-refractivity contribution in [2.75, 3.05) is 5.32 Å². The maximum Gasteiger partial charge on any atom is 0.340 e. The summed E-state index contributed by atoms with van der Waals surface area (Å²) in [6.45, 7) is 1.74. The molecule has 0 spiro atoms. The molecular formula is C12H11N3O4S. The molecule has 1 heterocycles. The molecule has 7 nitrogen and oxygen atoms in total.